The average Bonchev–Trinajstić information content (AvgIpc) is 3.15. The first-order valence-electron chi connectivity index (χ1n) is 9.77. The number of aromatic nitrogens is 2. The number of amides is 2. The highest BCUT2D eigenvalue weighted by Gasteiger charge is 2.24. The van der Waals surface area contributed by atoms with Gasteiger partial charge in [0.15, 0.2) is 0 Å². The third kappa shape index (κ3) is 4.39. The Balaban J connectivity index is 1.38. The summed E-state index contributed by atoms with van der Waals surface area (Å²) < 4.78 is 6.98. The molecule has 2 amide bonds. The van der Waals surface area contributed by atoms with Crippen molar-refractivity contribution in [3.8, 4) is 5.75 Å². The van der Waals surface area contributed by atoms with E-state index in [2.05, 4.69) is 10.4 Å². The summed E-state index contributed by atoms with van der Waals surface area (Å²) in [7, 11) is 1.63. The Bertz CT molecular complexity index is 1030. The predicted molar refractivity (Wildman–Crippen MR) is 109 cm³/mol. The number of hydrogen-bond donors (Lipinski definition) is 1. The Kier molecular flexibility index (Phi) is 5.46. The minimum absolute atomic E-state index is 0.0251. The summed E-state index contributed by atoms with van der Waals surface area (Å²) in [6, 6.07) is 13.2. The normalized spacial score (nSPS) is 17.2. The van der Waals surface area contributed by atoms with Crippen LogP contribution in [0.25, 0.3) is 5.52 Å². The van der Waals surface area contributed by atoms with Crippen molar-refractivity contribution < 1.29 is 14.3 Å². The van der Waals surface area contributed by atoms with Gasteiger partial charge in [-0.25, -0.2) is 4.52 Å². The third-order valence-electron chi connectivity index (χ3n) is 5.31. The lowest BCUT2D eigenvalue weighted by Gasteiger charge is -2.21. The molecule has 1 fully saturated rings. The number of hydrogen-bond acceptors (Lipinski definition) is 4. The fraction of sp³-hybridized carbons (Fsp3) is 0.318. The van der Waals surface area contributed by atoms with Crippen LogP contribution in [0.15, 0.2) is 54.9 Å². The maximum absolute atomic E-state index is 12.7. The van der Waals surface area contributed by atoms with Crippen LogP contribution in [0.4, 0.5) is 0 Å². The van der Waals surface area contributed by atoms with Gasteiger partial charge in [0.05, 0.1) is 12.6 Å². The van der Waals surface area contributed by atoms with E-state index in [4.69, 9.17) is 4.74 Å². The Morgan fingerprint density at radius 2 is 2.14 bits per heavy atom. The minimum atomic E-state index is -0.118. The molecule has 4 rings (SSSR count). The number of ether oxygens (including phenoxy) is 1. The molecule has 1 aliphatic heterocycles. The van der Waals surface area contributed by atoms with Gasteiger partial charge in [0, 0.05) is 43.5 Å². The summed E-state index contributed by atoms with van der Waals surface area (Å²) in [4.78, 5) is 27.1. The predicted octanol–water partition coefficient (Wildman–Crippen LogP) is 2.65. The SMILES string of the molecule is COc1cccc(CN2CCC(NC(=O)c3ccn4nccc4c3)CCC2=O)c1. The van der Waals surface area contributed by atoms with Gasteiger partial charge in [-0.05, 0) is 48.7 Å². The number of methoxy groups -OCH3 is 1. The van der Waals surface area contributed by atoms with Crippen molar-refractivity contribution in [3.63, 3.8) is 0 Å². The summed E-state index contributed by atoms with van der Waals surface area (Å²) in [5.74, 6) is 0.780. The van der Waals surface area contributed by atoms with Gasteiger partial charge in [0.2, 0.25) is 5.91 Å². The van der Waals surface area contributed by atoms with Crippen LogP contribution in [0.3, 0.4) is 0 Å². The molecule has 7 heteroatoms. The van der Waals surface area contributed by atoms with Crippen LogP contribution in [0.2, 0.25) is 0 Å². The number of carbonyl (C=O) groups excluding carboxylic acids is 2. The molecule has 3 aromatic rings. The van der Waals surface area contributed by atoms with Crippen molar-refractivity contribution in [2.24, 2.45) is 0 Å². The standard InChI is InChI=1S/C22H24N4O3/c1-29-20-4-2-3-16(13-20)15-25-11-9-18(5-6-21(25)27)24-22(28)17-8-12-26-19(14-17)7-10-23-26/h2-4,7-8,10,12-14,18H,5-6,9,11,15H2,1H3,(H,24,28). The topological polar surface area (TPSA) is 75.9 Å². The highest BCUT2D eigenvalue weighted by molar-refractivity contribution is 5.95. The quantitative estimate of drug-likeness (QED) is 0.724. The van der Waals surface area contributed by atoms with E-state index in [1.165, 1.54) is 0 Å². The number of nitrogens with one attached hydrogen (secondary N) is 1. The third-order valence-corrected chi connectivity index (χ3v) is 5.31. The second-order valence-corrected chi connectivity index (χ2v) is 7.28. The second kappa shape index (κ2) is 8.34. The van der Waals surface area contributed by atoms with E-state index in [0.717, 1.165) is 23.3 Å². The maximum Gasteiger partial charge on any atom is 0.251 e. The van der Waals surface area contributed by atoms with Crippen LogP contribution < -0.4 is 10.1 Å². The molecule has 0 radical (unpaired) electrons. The summed E-state index contributed by atoms with van der Waals surface area (Å²) in [5.41, 5.74) is 2.51. The maximum atomic E-state index is 12.7. The van der Waals surface area contributed by atoms with Crippen LogP contribution in [-0.2, 0) is 11.3 Å². The fourth-order valence-corrected chi connectivity index (χ4v) is 3.67. The van der Waals surface area contributed by atoms with Crippen molar-refractivity contribution in [2.45, 2.75) is 31.8 Å². The van der Waals surface area contributed by atoms with Gasteiger partial charge in [-0.2, -0.15) is 5.10 Å². The number of pyridine rings is 1. The van der Waals surface area contributed by atoms with E-state index in [0.29, 0.717) is 31.5 Å². The molecular weight excluding hydrogens is 368 g/mol. The van der Waals surface area contributed by atoms with Gasteiger partial charge in [-0.1, -0.05) is 12.1 Å². The fourth-order valence-electron chi connectivity index (χ4n) is 3.67. The molecule has 1 aliphatic rings. The average molecular weight is 392 g/mol. The molecule has 2 aromatic heterocycles. The number of benzene rings is 1. The highest BCUT2D eigenvalue weighted by atomic mass is 16.5. The van der Waals surface area contributed by atoms with E-state index in [1.807, 2.05) is 41.3 Å². The van der Waals surface area contributed by atoms with Crippen molar-refractivity contribution in [2.75, 3.05) is 13.7 Å². The van der Waals surface area contributed by atoms with Crippen molar-refractivity contribution in [1.82, 2.24) is 19.8 Å². The molecule has 1 atom stereocenters. The molecule has 0 saturated carbocycles. The van der Waals surface area contributed by atoms with Gasteiger partial charge >= 0.3 is 0 Å². The lowest BCUT2D eigenvalue weighted by Crippen LogP contribution is -2.36. The van der Waals surface area contributed by atoms with Crippen molar-refractivity contribution in [1.29, 1.82) is 0 Å². The van der Waals surface area contributed by atoms with Crippen LogP contribution in [0, 0.1) is 0 Å². The molecule has 3 heterocycles. The molecular formula is C22H24N4O3. The van der Waals surface area contributed by atoms with Gasteiger partial charge in [-0.3, -0.25) is 9.59 Å². The number of likely N-dealkylation sites (tertiary alicyclic amines) is 1. The molecule has 0 bridgehead atoms. The molecule has 0 aliphatic carbocycles. The smallest absolute Gasteiger partial charge is 0.251 e. The van der Waals surface area contributed by atoms with Crippen LogP contribution in [-0.4, -0.2) is 46.0 Å². The second-order valence-electron chi connectivity index (χ2n) is 7.28. The molecule has 1 N–H and O–H groups in total. The van der Waals surface area contributed by atoms with Crippen LogP contribution >= 0.6 is 0 Å². The minimum Gasteiger partial charge on any atom is -0.497 e. The first-order chi connectivity index (χ1) is 14.1. The summed E-state index contributed by atoms with van der Waals surface area (Å²) >= 11 is 0. The molecule has 1 unspecified atom stereocenters. The first kappa shape index (κ1) is 19.0. The molecule has 1 aromatic carbocycles. The Morgan fingerprint density at radius 3 is 3.00 bits per heavy atom. The van der Waals surface area contributed by atoms with E-state index < -0.39 is 0 Å². The molecule has 1 saturated heterocycles. The number of rotatable bonds is 5. The van der Waals surface area contributed by atoms with Crippen molar-refractivity contribution in [3.05, 3.63) is 66.0 Å². The van der Waals surface area contributed by atoms with E-state index in [-0.39, 0.29) is 17.9 Å². The Labute approximate surface area is 169 Å². The van der Waals surface area contributed by atoms with E-state index in [9.17, 15) is 9.59 Å². The monoisotopic (exact) mass is 392 g/mol. The summed E-state index contributed by atoms with van der Waals surface area (Å²) in [6.07, 6.45) is 5.28. The Morgan fingerprint density at radius 1 is 1.24 bits per heavy atom. The number of fused-ring (bicyclic) bond motifs is 1. The van der Waals surface area contributed by atoms with Crippen LogP contribution in [0.1, 0.15) is 35.2 Å². The van der Waals surface area contributed by atoms with E-state index >= 15 is 0 Å². The molecule has 29 heavy (non-hydrogen) atoms. The zero-order valence-electron chi connectivity index (χ0n) is 16.4. The molecule has 7 nitrogen and oxygen atoms in total. The summed E-state index contributed by atoms with van der Waals surface area (Å²) in [6.45, 7) is 1.16. The lowest BCUT2D eigenvalue weighted by molar-refractivity contribution is -0.131. The van der Waals surface area contributed by atoms with Gasteiger partial charge < -0.3 is 15.0 Å². The zero-order chi connectivity index (χ0) is 20.2. The Hall–Kier alpha value is -3.35. The number of nitrogens with zero attached hydrogens (tertiary/aromatic N) is 3. The lowest BCUT2D eigenvalue weighted by atomic mass is 10.1. The molecule has 150 valence electrons. The molecule has 0 spiro atoms. The largest absolute Gasteiger partial charge is 0.497 e. The van der Waals surface area contributed by atoms with Gasteiger partial charge in [-0.15, -0.1) is 0 Å². The van der Waals surface area contributed by atoms with Crippen molar-refractivity contribution >= 4 is 17.3 Å². The summed E-state index contributed by atoms with van der Waals surface area (Å²) in [5, 5.41) is 7.23. The van der Waals surface area contributed by atoms with Crippen LogP contribution in [0.5, 0.6) is 5.75 Å². The first-order valence-corrected chi connectivity index (χ1v) is 9.77. The van der Waals surface area contributed by atoms with Gasteiger partial charge in [0.25, 0.3) is 5.91 Å². The number of carbonyl (C=O) groups is 2. The zero-order valence-corrected chi connectivity index (χ0v) is 16.4. The van der Waals surface area contributed by atoms with E-state index in [1.54, 1.807) is 30.1 Å². The highest BCUT2D eigenvalue weighted by Crippen LogP contribution is 2.19. The van der Waals surface area contributed by atoms with Gasteiger partial charge in [0.1, 0.15) is 5.75 Å².